The van der Waals surface area contributed by atoms with Crippen LogP contribution < -0.4 is 9.47 Å². The van der Waals surface area contributed by atoms with Gasteiger partial charge in [-0.25, -0.2) is 0 Å². The first-order chi connectivity index (χ1) is 9.55. The van der Waals surface area contributed by atoms with E-state index in [0.717, 1.165) is 0 Å². The van der Waals surface area contributed by atoms with E-state index in [9.17, 15) is 10.1 Å². The van der Waals surface area contributed by atoms with Crippen molar-refractivity contribution in [3.8, 4) is 16.7 Å². The summed E-state index contributed by atoms with van der Waals surface area (Å²) in [5, 5.41) is 11.3. The number of nitro benzene ring substituents is 1. The Balaban J connectivity index is 2.35. The first-order valence-corrected chi connectivity index (χ1v) is 6.99. The molecule has 2 aromatic rings. The molecule has 1 heterocycles. The SMILES string of the molecule is COc1ccc([N+](=O)[O-])cc1Oc1nc(Cl)c(CCl)s1. The van der Waals surface area contributed by atoms with Crippen LogP contribution in [0.1, 0.15) is 4.88 Å². The van der Waals surface area contributed by atoms with E-state index in [1.54, 1.807) is 0 Å². The lowest BCUT2D eigenvalue weighted by atomic mass is 10.3. The molecule has 20 heavy (non-hydrogen) atoms. The number of aromatic nitrogens is 1. The number of hydrogen-bond donors (Lipinski definition) is 0. The molecule has 6 nitrogen and oxygen atoms in total. The molecule has 1 aromatic heterocycles. The molecule has 0 radical (unpaired) electrons. The summed E-state index contributed by atoms with van der Waals surface area (Å²) >= 11 is 12.7. The summed E-state index contributed by atoms with van der Waals surface area (Å²) in [6.07, 6.45) is 0. The number of rotatable bonds is 5. The van der Waals surface area contributed by atoms with Gasteiger partial charge in [-0.15, -0.1) is 11.6 Å². The van der Waals surface area contributed by atoms with Crippen molar-refractivity contribution in [1.82, 2.24) is 4.98 Å². The first-order valence-electron chi connectivity index (χ1n) is 5.26. The maximum absolute atomic E-state index is 10.8. The third kappa shape index (κ3) is 3.12. The number of benzene rings is 1. The Bertz CT molecular complexity index is 647. The zero-order valence-electron chi connectivity index (χ0n) is 10.1. The van der Waals surface area contributed by atoms with Crippen LogP contribution in [-0.4, -0.2) is 17.0 Å². The second-order valence-electron chi connectivity index (χ2n) is 3.52. The monoisotopic (exact) mass is 334 g/mol. The Labute approximate surface area is 128 Å². The first kappa shape index (κ1) is 14.8. The molecule has 0 fully saturated rings. The van der Waals surface area contributed by atoms with Gasteiger partial charge in [0.05, 0.1) is 28.9 Å². The quantitative estimate of drug-likeness (QED) is 0.464. The molecule has 1 aromatic carbocycles. The van der Waals surface area contributed by atoms with Crippen molar-refractivity contribution in [2.24, 2.45) is 0 Å². The lowest BCUT2D eigenvalue weighted by molar-refractivity contribution is -0.384. The van der Waals surface area contributed by atoms with Crippen LogP contribution in [0.3, 0.4) is 0 Å². The van der Waals surface area contributed by atoms with Crippen molar-refractivity contribution in [2.75, 3.05) is 7.11 Å². The highest BCUT2D eigenvalue weighted by molar-refractivity contribution is 7.14. The van der Waals surface area contributed by atoms with Gasteiger partial charge in [0, 0.05) is 6.07 Å². The molecule has 0 spiro atoms. The Morgan fingerprint density at radius 3 is 2.75 bits per heavy atom. The van der Waals surface area contributed by atoms with Crippen LogP contribution in [0.5, 0.6) is 16.7 Å². The summed E-state index contributed by atoms with van der Waals surface area (Å²) in [5.41, 5.74) is -0.110. The molecule has 0 saturated carbocycles. The zero-order valence-corrected chi connectivity index (χ0v) is 12.5. The van der Waals surface area contributed by atoms with Crippen molar-refractivity contribution in [3.63, 3.8) is 0 Å². The van der Waals surface area contributed by atoms with Gasteiger partial charge in [-0.1, -0.05) is 22.9 Å². The number of ether oxygens (including phenoxy) is 2. The highest BCUT2D eigenvalue weighted by atomic mass is 35.5. The third-order valence-corrected chi connectivity index (χ3v) is 4.09. The van der Waals surface area contributed by atoms with Crippen molar-refractivity contribution < 1.29 is 14.4 Å². The van der Waals surface area contributed by atoms with Gasteiger partial charge >= 0.3 is 0 Å². The second kappa shape index (κ2) is 6.25. The average Bonchev–Trinajstić information content (AvgIpc) is 2.78. The molecule has 0 bridgehead atoms. The van der Waals surface area contributed by atoms with E-state index in [1.165, 1.54) is 36.6 Å². The Hall–Kier alpha value is -1.57. The fraction of sp³-hybridized carbons (Fsp3) is 0.182. The molecule has 9 heteroatoms. The molecule has 0 N–H and O–H groups in total. The smallest absolute Gasteiger partial charge is 0.280 e. The Kier molecular flexibility index (Phi) is 4.64. The van der Waals surface area contributed by atoms with Gasteiger partial charge in [0.15, 0.2) is 11.5 Å². The van der Waals surface area contributed by atoms with Crippen LogP contribution in [0.25, 0.3) is 0 Å². The van der Waals surface area contributed by atoms with Crippen molar-refractivity contribution >= 4 is 40.2 Å². The van der Waals surface area contributed by atoms with Gasteiger partial charge in [-0.3, -0.25) is 10.1 Å². The topological polar surface area (TPSA) is 74.5 Å². The van der Waals surface area contributed by atoms with Gasteiger partial charge in [0.25, 0.3) is 10.9 Å². The van der Waals surface area contributed by atoms with E-state index >= 15 is 0 Å². The predicted molar refractivity (Wildman–Crippen MR) is 76.4 cm³/mol. The standard InChI is InChI=1S/C11H8Cl2N2O4S/c1-18-7-3-2-6(15(16)17)4-8(7)19-11-14-10(13)9(5-12)20-11/h2-4H,5H2,1H3. The maximum atomic E-state index is 10.8. The molecule has 0 unspecified atom stereocenters. The lowest BCUT2D eigenvalue weighted by Crippen LogP contribution is -1.93. The number of nitro groups is 1. The maximum Gasteiger partial charge on any atom is 0.280 e. The minimum Gasteiger partial charge on any atom is -0.493 e. The van der Waals surface area contributed by atoms with Crippen LogP contribution in [-0.2, 0) is 5.88 Å². The van der Waals surface area contributed by atoms with Crippen molar-refractivity contribution in [3.05, 3.63) is 38.3 Å². The fourth-order valence-corrected chi connectivity index (χ4v) is 2.72. The molecular weight excluding hydrogens is 327 g/mol. The number of hydrogen-bond acceptors (Lipinski definition) is 6. The summed E-state index contributed by atoms with van der Waals surface area (Å²) in [6, 6.07) is 4.03. The molecule has 0 aliphatic heterocycles. The number of alkyl halides is 1. The molecule has 0 amide bonds. The third-order valence-electron chi connectivity index (χ3n) is 2.31. The second-order valence-corrected chi connectivity index (χ2v) is 5.19. The minimum absolute atomic E-state index is 0.110. The van der Waals surface area contributed by atoms with Crippen LogP contribution in [0, 0.1) is 10.1 Å². The summed E-state index contributed by atoms with van der Waals surface area (Å²) < 4.78 is 10.6. The van der Waals surface area contributed by atoms with Crippen LogP contribution in [0.4, 0.5) is 5.69 Å². The number of non-ortho nitro benzene ring substituents is 1. The number of methoxy groups -OCH3 is 1. The van der Waals surface area contributed by atoms with Gasteiger partial charge in [0.2, 0.25) is 0 Å². The van der Waals surface area contributed by atoms with Crippen LogP contribution in [0.15, 0.2) is 18.2 Å². The van der Waals surface area contributed by atoms with E-state index in [-0.39, 0.29) is 27.7 Å². The summed E-state index contributed by atoms with van der Waals surface area (Å²) in [5.74, 6) is 0.758. The molecule has 0 aliphatic rings. The summed E-state index contributed by atoms with van der Waals surface area (Å²) in [6.45, 7) is 0. The van der Waals surface area contributed by atoms with Gasteiger partial charge < -0.3 is 9.47 Å². The average molecular weight is 335 g/mol. The number of thiazole rings is 1. The largest absolute Gasteiger partial charge is 0.493 e. The molecule has 0 aliphatic carbocycles. The summed E-state index contributed by atoms with van der Waals surface area (Å²) in [4.78, 5) is 14.9. The molecular formula is C11H8Cl2N2O4S. The van der Waals surface area contributed by atoms with Crippen LogP contribution in [0.2, 0.25) is 5.15 Å². The van der Waals surface area contributed by atoms with E-state index in [4.69, 9.17) is 32.7 Å². The molecule has 0 saturated heterocycles. The number of nitrogens with zero attached hydrogens (tertiary/aromatic N) is 2. The normalized spacial score (nSPS) is 10.3. The lowest BCUT2D eigenvalue weighted by Gasteiger charge is -2.07. The van der Waals surface area contributed by atoms with Gasteiger partial charge in [0.1, 0.15) is 5.15 Å². The summed E-state index contributed by atoms with van der Waals surface area (Å²) in [7, 11) is 1.44. The molecule has 2 rings (SSSR count). The fourth-order valence-electron chi connectivity index (χ4n) is 1.39. The number of halogens is 2. The Morgan fingerprint density at radius 1 is 1.45 bits per heavy atom. The van der Waals surface area contributed by atoms with Crippen molar-refractivity contribution in [1.29, 1.82) is 0 Å². The van der Waals surface area contributed by atoms with E-state index in [1.807, 2.05) is 0 Å². The van der Waals surface area contributed by atoms with E-state index in [2.05, 4.69) is 4.98 Å². The van der Waals surface area contributed by atoms with Gasteiger partial charge in [-0.2, -0.15) is 4.98 Å². The minimum atomic E-state index is -0.522. The molecule has 0 atom stereocenters. The van der Waals surface area contributed by atoms with E-state index < -0.39 is 4.92 Å². The molecule has 106 valence electrons. The predicted octanol–water partition coefficient (Wildman–Crippen LogP) is 4.24. The zero-order chi connectivity index (χ0) is 14.7. The van der Waals surface area contributed by atoms with Crippen molar-refractivity contribution in [2.45, 2.75) is 5.88 Å². The van der Waals surface area contributed by atoms with Crippen LogP contribution >= 0.6 is 34.5 Å². The Morgan fingerprint density at radius 2 is 2.20 bits per heavy atom. The highest BCUT2D eigenvalue weighted by Gasteiger charge is 2.16. The van der Waals surface area contributed by atoms with E-state index in [0.29, 0.717) is 10.6 Å². The highest BCUT2D eigenvalue weighted by Crippen LogP contribution is 2.38. The van der Waals surface area contributed by atoms with Gasteiger partial charge in [-0.05, 0) is 6.07 Å².